The molecule has 0 atom stereocenters. The summed E-state index contributed by atoms with van der Waals surface area (Å²) in [6, 6.07) is 14.3. The summed E-state index contributed by atoms with van der Waals surface area (Å²) in [6.45, 7) is 0. The fraction of sp³-hybridized carbons (Fsp3) is 0. The fourth-order valence-electron chi connectivity index (χ4n) is 3.04. The molecule has 0 saturated carbocycles. The van der Waals surface area contributed by atoms with Crippen molar-refractivity contribution in [3.63, 3.8) is 0 Å². The van der Waals surface area contributed by atoms with Gasteiger partial charge in [0.15, 0.2) is 0 Å². The van der Waals surface area contributed by atoms with Gasteiger partial charge in [-0.3, -0.25) is 10.4 Å². The Morgan fingerprint density at radius 1 is 0.963 bits per heavy atom. The summed E-state index contributed by atoms with van der Waals surface area (Å²) in [4.78, 5) is 10.6. The first kappa shape index (κ1) is 16.5. The molecular formula is C20H14N3O4-. The monoisotopic (exact) mass is 360 g/mol. The maximum atomic E-state index is 11.1. The Hall–Kier alpha value is -4.00. The molecule has 0 fully saturated rings. The summed E-state index contributed by atoms with van der Waals surface area (Å²) < 4.78 is 0. The minimum atomic E-state index is -0.977. The van der Waals surface area contributed by atoms with E-state index in [0.717, 1.165) is 28.2 Å². The van der Waals surface area contributed by atoms with Crippen molar-refractivity contribution in [2.24, 2.45) is 0 Å². The summed E-state index contributed by atoms with van der Waals surface area (Å²) >= 11 is 0. The molecule has 0 unspecified atom stereocenters. The van der Waals surface area contributed by atoms with E-state index >= 15 is 0 Å². The van der Waals surface area contributed by atoms with Crippen LogP contribution in [0.1, 0.15) is 15.9 Å². The van der Waals surface area contributed by atoms with Gasteiger partial charge in [-0.25, -0.2) is 4.79 Å². The Morgan fingerprint density at radius 2 is 1.63 bits per heavy atom. The predicted molar refractivity (Wildman–Crippen MR) is 102 cm³/mol. The first-order chi connectivity index (χ1) is 13.0. The van der Waals surface area contributed by atoms with E-state index < -0.39 is 10.9 Å². The van der Waals surface area contributed by atoms with E-state index in [1.807, 2.05) is 29.3 Å². The molecule has 4 rings (SSSR count). The van der Waals surface area contributed by atoms with Gasteiger partial charge in [0, 0.05) is 23.3 Å². The quantitative estimate of drug-likeness (QED) is 0.629. The van der Waals surface area contributed by atoms with Crippen molar-refractivity contribution in [3.05, 3.63) is 99.9 Å². The zero-order chi connectivity index (χ0) is 19.0. The molecule has 7 heteroatoms. The largest absolute Gasteiger partial charge is 0.612 e. The first-order valence-electron chi connectivity index (χ1n) is 8.16. The number of para-hydroxylation sites is 1. The number of aromatic carboxylic acids is 1. The summed E-state index contributed by atoms with van der Waals surface area (Å²) in [7, 11) is 0. The van der Waals surface area contributed by atoms with Gasteiger partial charge in [-0.15, -0.1) is 0 Å². The van der Waals surface area contributed by atoms with Gasteiger partial charge >= 0.3 is 5.97 Å². The van der Waals surface area contributed by atoms with Gasteiger partial charge < -0.3 is 15.5 Å². The van der Waals surface area contributed by atoms with Gasteiger partial charge in [-0.2, -0.15) is 4.90 Å². The number of hydrazine groups is 1. The molecule has 27 heavy (non-hydrogen) atoms. The van der Waals surface area contributed by atoms with Crippen molar-refractivity contribution in [3.8, 4) is 0 Å². The van der Waals surface area contributed by atoms with Crippen LogP contribution in [0, 0.1) is 10.4 Å². The van der Waals surface area contributed by atoms with Crippen LogP contribution >= 0.6 is 0 Å². The maximum absolute atomic E-state index is 11.1. The van der Waals surface area contributed by atoms with Gasteiger partial charge in [0.2, 0.25) is 5.71 Å². The molecule has 1 aliphatic heterocycles. The smallest absolute Gasteiger partial charge is 0.335 e. The lowest BCUT2D eigenvalue weighted by Gasteiger charge is -2.20. The number of hydrogen-bond donors (Lipinski definition) is 2. The van der Waals surface area contributed by atoms with Crippen LogP contribution in [0.2, 0.25) is 0 Å². The highest BCUT2D eigenvalue weighted by Crippen LogP contribution is 2.39. The number of hydrogen-bond acceptors (Lipinski definition) is 5. The molecule has 2 aliphatic rings. The SMILES string of the molecule is O=C(O)c1ccc(N2NC(=C3C=CC(=[N+]([O-])[O-])C=C3)c3ccccc32)cc1. The van der Waals surface area contributed by atoms with Crippen LogP contribution in [0.4, 0.5) is 11.4 Å². The lowest BCUT2D eigenvalue weighted by atomic mass is 10.0. The summed E-state index contributed by atoms with van der Waals surface area (Å²) in [5.41, 5.74) is 7.85. The molecular weight excluding hydrogens is 346 g/mol. The number of nitrogens with zero attached hydrogens (tertiary/aromatic N) is 2. The number of fused-ring (bicyclic) bond motifs is 1. The number of carboxylic acids is 1. The van der Waals surface area contributed by atoms with Gasteiger partial charge in [-0.1, -0.05) is 18.2 Å². The summed E-state index contributed by atoms with van der Waals surface area (Å²) in [5.74, 6) is -0.977. The highest BCUT2D eigenvalue weighted by atomic mass is 16.8. The van der Waals surface area contributed by atoms with Crippen LogP contribution in [0.25, 0.3) is 5.70 Å². The van der Waals surface area contributed by atoms with E-state index in [9.17, 15) is 15.2 Å². The molecule has 0 amide bonds. The van der Waals surface area contributed by atoms with Crippen molar-refractivity contribution >= 4 is 28.8 Å². The standard InChI is InChI=1S/C20H14N3O4/c24-20(25)14-7-9-15(10-8-14)22-18-4-2-1-3-17(18)19(21-22)13-5-11-16(12-6-13)23(26)27/h1-12,21H,(H-,24,25,26,27)/q-1. The van der Waals surface area contributed by atoms with Crippen LogP contribution in [0.5, 0.6) is 0 Å². The van der Waals surface area contributed by atoms with Crippen molar-refractivity contribution in [1.29, 1.82) is 0 Å². The number of anilines is 2. The Labute approximate surface area is 154 Å². The zero-order valence-electron chi connectivity index (χ0n) is 14.0. The van der Waals surface area contributed by atoms with E-state index in [0.29, 0.717) is 0 Å². The van der Waals surface area contributed by atoms with Gasteiger partial charge in [0.05, 0.1) is 22.6 Å². The molecule has 0 bridgehead atoms. The molecule has 0 aromatic heterocycles. The lowest BCUT2D eigenvalue weighted by Crippen LogP contribution is -2.26. The van der Waals surface area contributed by atoms with E-state index in [1.165, 1.54) is 12.2 Å². The summed E-state index contributed by atoms with van der Waals surface area (Å²) in [5, 5.41) is 32.7. The minimum absolute atomic E-state index is 0.0340. The van der Waals surface area contributed by atoms with Crippen molar-refractivity contribution < 1.29 is 14.8 Å². The first-order valence-corrected chi connectivity index (χ1v) is 8.16. The van der Waals surface area contributed by atoms with Crippen LogP contribution in [0.15, 0.2) is 78.4 Å². The number of allylic oxidation sites excluding steroid dienone is 5. The van der Waals surface area contributed by atoms with Gasteiger partial charge in [0.25, 0.3) is 0 Å². The average Bonchev–Trinajstić information content (AvgIpc) is 3.08. The van der Waals surface area contributed by atoms with E-state index in [4.69, 9.17) is 5.11 Å². The second-order valence-electron chi connectivity index (χ2n) is 6.00. The highest BCUT2D eigenvalue weighted by molar-refractivity contribution is 6.04. The highest BCUT2D eigenvalue weighted by Gasteiger charge is 2.26. The van der Waals surface area contributed by atoms with Crippen LogP contribution in [-0.4, -0.2) is 21.7 Å². The molecule has 0 spiro atoms. The molecule has 2 N–H and O–H groups in total. The lowest BCUT2D eigenvalue weighted by molar-refractivity contribution is -0.377. The third kappa shape index (κ3) is 2.91. The van der Waals surface area contributed by atoms with Crippen molar-refractivity contribution in [2.45, 2.75) is 0 Å². The number of carboxylic acid groups (broad SMARTS) is 1. The Morgan fingerprint density at radius 3 is 2.26 bits per heavy atom. The van der Waals surface area contributed by atoms with E-state index in [-0.39, 0.29) is 11.3 Å². The minimum Gasteiger partial charge on any atom is -0.612 e. The summed E-state index contributed by atoms with van der Waals surface area (Å²) in [6.07, 6.45) is 6.34. The van der Waals surface area contributed by atoms with E-state index in [2.05, 4.69) is 5.43 Å². The van der Waals surface area contributed by atoms with E-state index in [1.54, 1.807) is 36.4 Å². The molecule has 2 aromatic rings. The second kappa shape index (κ2) is 6.38. The fourth-order valence-corrected chi connectivity index (χ4v) is 3.04. The predicted octanol–water partition coefficient (Wildman–Crippen LogP) is 3.33. The van der Waals surface area contributed by atoms with Gasteiger partial charge in [-0.05, 0) is 42.5 Å². The zero-order valence-corrected chi connectivity index (χ0v) is 14.0. The Balaban J connectivity index is 1.75. The average molecular weight is 360 g/mol. The van der Waals surface area contributed by atoms with Crippen LogP contribution < -0.4 is 10.4 Å². The molecule has 0 radical (unpaired) electrons. The Bertz CT molecular complexity index is 1030. The normalized spacial score (nSPS) is 15.0. The van der Waals surface area contributed by atoms with Crippen molar-refractivity contribution in [1.82, 2.24) is 5.43 Å². The number of carbonyl (C=O) groups is 1. The van der Waals surface area contributed by atoms with Gasteiger partial charge in [0.1, 0.15) is 0 Å². The maximum Gasteiger partial charge on any atom is 0.335 e. The van der Waals surface area contributed by atoms with Crippen molar-refractivity contribution in [2.75, 3.05) is 5.01 Å². The Kier molecular flexibility index (Phi) is 3.89. The molecule has 0 saturated heterocycles. The number of rotatable bonds is 2. The second-order valence-corrected chi connectivity index (χ2v) is 6.00. The van der Waals surface area contributed by atoms with Crippen LogP contribution in [0.3, 0.4) is 0 Å². The molecule has 1 aliphatic carbocycles. The third-order valence-electron chi connectivity index (χ3n) is 4.38. The van der Waals surface area contributed by atoms with Crippen LogP contribution in [-0.2, 0) is 0 Å². The molecule has 134 valence electrons. The number of benzene rings is 2. The third-order valence-corrected chi connectivity index (χ3v) is 4.38. The topological polar surface area (TPSA) is 102 Å². The number of nitrogens with one attached hydrogen (secondary N) is 1. The molecule has 1 heterocycles. The molecule has 7 nitrogen and oxygen atoms in total. The molecule has 2 aromatic carbocycles.